The average Bonchev–Trinajstić information content (AvgIpc) is 2.60. The van der Waals surface area contributed by atoms with Crippen LogP contribution in [0.25, 0.3) is 0 Å². The van der Waals surface area contributed by atoms with Gasteiger partial charge in [0.1, 0.15) is 0 Å². The fraction of sp³-hybridized carbons (Fsp3) is 0.520. The van der Waals surface area contributed by atoms with Gasteiger partial charge in [-0.1, -0.05) is 49.2 Å². The van der Waals surface area contributed by atoms with Crippen molar-refractivity contribution < 1.29 is 9.16 Å². The lowest BCUT2D eigenvalue weighted by Crippen LogP contribution is -2.74. The molecule has 1 aliphatic heterocycles. The van der Waals surface area contributed by atoms with Crippen molar-refractivity contribution in [1.29, 1.82) is 0 Å². The molecule has 28 heavy (non-hydrogen) atoms. The van der Waals surface area contributed by atoms with Crippen LogP contribution in [-0.4, -0.2) is 26.8 Å². The van der Waals surface area contributed by atoms with Crippen LogP contribution in [-0.2, 0) is 9.16 Å². The molecular formula is C25H36O2Si. The molecule has 152 valence electrons. The van der Waals surface area contributed by atoms with E-state index in [4.69, 9.17) is 9.16 Å². The summed E-state index contributed by atoms with van der Waals surface area (Å²) in [6.45, 7) is 18.5. The van der Waals surface area contributed by atoms with Crippen LogP contribution in [0.4, 0.5) is 0 Å². The van der Waals surface area contributed by atoms with Gasteiger partial charge in [-0.3, -0.25) is 0 Å². The van der Waals surface area contributed by atoms with Crippen LogP contribution < -0.4 is 10.4 Å². The molecule has 0 amide bonds. The predicted molar refractivity (Wildman–Crippen MR) is 122 cm³/mol. The summed E-state index contributed by atoms with van der Waals surface area (Å²) < 4.78 is 13.8. The molecule has 0 bridgehead atoms. The van der Waals surface area contributed by atoms with E-state index >= 15 is 0 Å². The molecule has 3 rings (SSSR count). The summed E-state index contributed by atoms with van der Waals surface area (Å²) in [4.78, 5) is 0. The number of benzene rings is 2. The van der Waals surface area contributed by atoms with Gasteiger partial charge in [-0.2, -0.15) is 0 Å². The van der Waals surface area contributed by atoms with Gasteiger partial charge in [0.25, 0.3) is 8.32 Å². The molecule has 1 fully saturated rings. The third-order valence-corrected chi connectivity index (χ3v) is 11.4. The average molecular weight is 397 g/mol. The van der Waals surface area contributed by atoms with E-state index in [0.29, 0.717) is 6.61 Å². The van der Waals surface area contributed by atoms with Crippen LogP contribution in [0.3, 0.4) is 0 Å². The molecule has 0 aromatic heterocycles. The quantitative estimate of drug-likeness (QED) is 0.695. The molecule has 0 unspecified atom stereocenters. The lowest BCUT2D eigenvalue weighted by atomic mass is 10.1. The van der Waals surface area contributed by atoms with Crippen LogP contribution in [0.2, 0.25) is 0 Å². The number of hydrogen-bond donors (Lipinski definition) is 0. The summed E-state index contributed by atoms with van der Waals surface area (Å²) in [7, 11) is -2.57. The molecule has 0 aliphatic carbocycles. The molecule has 2 atom stereocenters. The molecule has 2 nitrogen and oxygen atoms in total. The maximum absolute atomic E-state index is 7.06. The second-order valence-corrected chi connectivity index (χ2v) is 12.1. The normalized spacial score (nSPS) is 21.7. The van der Waals surface area contributed by atoms with Gasteiger partial charge in [-0.15, -0.1) is 0 Å². The monoisotopic (exact) mass is 396 g/mol. The molecule has 0 radical (unpaired) electrons. The lowest BCUT2D eigenvalue weighted by Gasteiger charge is -2.47. The van der Waals surface area contributed by atoms with E-state index in [1.165, 1.54) is 43.8 Å². The Morgan fingerprint density at radius 2 is 1.18 bits per heavy atom. The van der Waals surface area contributed by atoms with Gasteiger partial charge >= 0.3 is 0 Å². The van der Waals surface area contributed by atoms with Crippen molar-refractivity contribution in [3.63, 3.8) is 0 Å². The zero-order chi connectivity index (χ0) is 20.6. The smallest absolute Gasteiger partial charge is 0.285 e. The van der Waals surface area contributed by atoms with Crippen LogP contribution in [0.1, 0.15) is 60.1 Å². The fourth-order valence-corrected chi connectivity index (χ4v) is 10.8. The standard InChI is InChI=1S/C25H36O2Si/c1-9-22-15-26-28(23(10-2)27-22,24-18(5)11-16(3)12-19(24)6)25-20(7)13-17(4)14-21(25)8/h11-14,22-23H,9-10,15H2,1-8H3/t22-,23+/m1/s1. The minimum atomic E-state index is -2.57. The Bertz CT molecular complexity index is 767. The Morgan fingerprint density at radius 3 is 1.54 bits per heavy atom. The molecule has 2 aromatic carbocycles. The van der Waals surface area contributed by atoms with Crippen LogP contribution in [0.5, 0.6) is 0 Å². The van der Waals surface area contributed by atoms with E-state index < -0.39 is 8.32 Å². The summed E-state index contributed by atoms with van der Waals surface area (Å²) in [5.74, 6) is 0. The van der Waals surface area contributed by atoms with E-state index in [2.05, 4.69) is 79.7 Å². The van der Waals surface area contributed by atoms with E-state index in [-0.39, 0.29) is 11.8 Å². The second-order valence-electron chi connectivity index (χ2n) is 8.66. The van der Waals surface area contributed by atoms with Gasteiger partial charge < -0.3 is 9.16 Å². The maximum atomic E-state index is 7.06. The minimum Gasteiger partial charge on any atom is -0.403 e. The Kier molecular flexibility index (Phi) is 6.19. The van der Waals surface area contributed by atoms with E-state index in [1.807, 2.05) is 0 Å². The topological polar surface area (TPSA) is 18.5 Å². The highest BCUT2D eigenvalue weighted by Crippen LogP contribution is 2.30. The molecule has 0 saturated carbocycles. The molecule has 2 aromatic rings. The zero-order valence-electron chi connectivity index (χ0n) is 18.9. The van der Waals surface area contributed by atoms with Crippen molar-refractivity contribution >= 4 is 18.7 Å². The van der Waals surface area contributed by atoms with E-state index in [9.17, 15) is 0 Å². The van der Waals surface area contributed by atoms with Crippen LogP contribution >= 0.6 is 0 Å². The summed E-state index contributed by atoms with van der Waals surface area (Å²) >= 11 is 0. The highest BCUT2D eigenvalue weighted by molar-refractivity contribution is 6.99. The first-order valence-electron chi connectivity index (χ1n) is 10.7. The van der Waals surface area contributed by atoms with Crippen LogP contribution in [0, 0.1) is 41.5 Å². The Labute approximate surface area is 172 Å². The summed E-state index contributed by atoms with van der Waals surface area (Å²) in [6.07, 6.45) is 2.17. The van der Waals surface area contributed by atoms with Crippen molar-refractivity contribution in [2.24, 2.45) is 0 Å². The molecule has 1 aliphatic rings. The predicted octanol–water partition coefficient (Wildman–Crippen LogP) is 4.74. The first kappa shape index (κ1) is 21.3. The number of ether oxygens (including phenoxy) is 1. The molecule has 1 heterocycles. The maximum Gasteiger partial charge on any atom is 0.285 e. The zero-order valence-corrected chi connectivity index (χ0v) is 19.9. The van der Waals surface area contributed by atoms with Gasteiger partial charge in [-0.25, -0.2) is 0 Å². The Hall–Kier alpha value is -1.42. The molecule has 1 saturated heterocycles. The SMILES string of the molecule is CC[C@@H]1CO[Si](c2c(C)cc(C)cc2C)(c2c(C)cc(C)cc2C)[C@@H](CC)O1. The summed E-state index contributed by atoms with van der Waals surface area (Å²) in [5.41, 5.74) is 8.15. The lowest BCUT2D eigenvalue weighted by molar-refractivity contribution is -0.0448. The van der Waals surface area contributed by atoms with Crippen molar-refractivity contribution in [2.45, 2.75) is 80.1 Å². The molecular weight excluding hydrogens is 360 g/mol. The first-order valence-corrected chi connectivity index (χ1v) is 12.7. The summed E-state index contributed by atoms with van der Waals surface area (Å²) in [5, 5.41) is 2.85. The van der Waals surface area contributed by atoms with Gasteiger partial charge in [0.15, 0.2) is 0 Å². The van der Waals surface area contributed by atoms with Gasteiger partial charge in [0.05, 0.1) is 18.4 Å². The van der Waals surface area contributed by atoms with Crippen molar-refractivity contribution in [3.8, 4) is 0 Å². The first-order chi connectivity index (χ1) is 13.2. The highest BCUT2D eigenvalue weighted by Gasteiger charge is 2.53. The fourth-order valence-electron chi connectivity index (χ4n) is 5.41. The Balaban J connectivity index is 2.37. The van der Waals surface area contributed by atoms with Crippen LogP contribution in [0.15, 0.2) is 24.3 Å². The van der Waals surface area contributed by atoms with Gasteiger partial charge in [0.2, 0.25) is 0 Å². The van der Waals surface area contributed by atoms with Crippen molar-refractivity contribution in [1.82, 2.24) is 0 Å². The largest absolute Gasteiger partial charge is 0.403 e. The minimum absolute atomic E-state index is 0.131. The van der Waals surface area contributed by atoms with E-state index in [1.54, 1.807) is 0 Å². The van der Waals surface area contributed by atoms with Gasteiger partial charge in [-0.05, 0) is 87.0 Å². The number of aryl methyl sites for hydroxylation is 6. The molecule has 0 spiro atoms. The molecule has 0 N–H and O–H groups in total. The third-order valence-electron chi connectivity index (χ3n) is 6.23. The van der Waals surface area contributed by atoms with Gasteiger partial charge in [0, 0.05) is 0 Å². The number of rotatable bonds is 4. The third kappa shape index (κ3) is 3.49. The molecule has 3 heteroatoms. The Morgan fingerprint density at radius 1 is 0.750 bits per heavy atom. The van der Waals surface area contributed by atoms with E-state index in [0.717, 1.165) is 12.8 Å². The van der Waals surface area contributed by atoms with Crippen molar-refractivity contribution in [3.05, 3.63) is 57.6 Å². The number of hydrogen-bond acceptors (Lipinski definition) is 2. The summed E-state index contributed by atoms with van der Waals surface area (Å²) in [6, 6.07) is 9.27. The second kappa shape index (κ2) is 8.14. The highest BCUT2D eigenvalue weighted by atomic mass is 28.4. The van der Waals surface area contributed by atoms with Crippen molar-refractivity contribution in [2.75, 3.05) is 6.61 Å².